The van der Waals surface area contributed by atoms with Crippen molar-refractivity contribution in [3.05, 3.63) is 11.6 Å². The summed E-state index contributed by atoms with van der Waals surface area (Å²) in [5.41, 5.74) is 2.54. The van der Waals surface area contributed by atoms with Crippen LogP contribution >= 0.6 is 0 Å². The highest BCUT2D eigenvalue weighted by molar-refractivity contribution is 5.38. The number of ether oxygens (including phenoxy) is 1. The SMILES string of the molecule is CC(C)CCCC(C)C1CCC2C3CC=C4C[C@@H](OC=O)CC[C@]4(C)C3CC[C@]12C. The second kappa shape index (κ2) is 8.62. The van der Waals surface area contributed by atoms with Gasteiger partial charge in [0.2, 0.25) is 0 Å². The monoisotopic (exact) mass is 414 g/mol. The highest BCUT2D eigenvalue weighted by atomic mass is 16.5. The Balaban J connectivity index is 1.47. The lowest BCUT2D eigenvalue weighted by atomic mass is 9.47. The summed E-state index contributed by atoms with van der Waals surface area (Å²) in [6.45, 7) is 13.2. The van der Waals surface area contributed by atoms with E-state index in [4.69, 9.17) is 4.74 Å². The second-order valence-corrected chi connectivity index (χ2v) is 12.4. The molecule has 0 radical (unpaired) electrons. The van der Waals surface area contributed by atoms with Crippen molar-refractivity contribution >= 4 is 6.47 Å². The van der Waals surface area contributed by atoms with E-state index in [-0.39, 0.29) is 6.10 Å². The van der Waals surface area contributed by atoms with Crippen molar-refractivity contribution in [1.29, 1.82) is 0 Å². The Kier molecular flexibility index (Phi) is 6.44. The Morgan fingerprint density at radius 1 is 1.07 bits per heavy atom. The van der Waals surface area contributed by atoms with Gasteiger partial charge in [-0.05, 0) is 91.3 Å². The first kappa shape index (κ1) is 22.4. The van der Waals surface area contributed by atoms with Gasteiger partial charge in [0, 0.05) is 6.42 Å². The van der Waals surface area contributed by atoms with Gasteiger partial charge < -0.3 is 4.74 Å². The number of carbonyl (C=O) groups is 1. The Labute approximate surface area is 185 Å². The molecule has 3 fully saturated rings. The fourth-order valence-corrected chi connectivity index (χ4v) is 8.85. The summed E-state index contributed by atoms with van der Waals surface area (Å²) in [5.74, 6) is 5.32. The van der Waals surface area contributed by atoms with E-state index in [9.17, 15) is 4.79 Å². The summed E-state index contributed by atoms with van der Waals surface area (Å²) in [4.78, 5) is 10.8. The van der Waals surface area contributed by atoms with Crippen LogP contribution in [0.15, 0.2) is 11.6 Å². The smallest absolute Gasteiger partial charge is 0.293 e. The minimum absolute atomic E-state index is 0.120. The van der Waals surface area contributed by atoms with Crippen LogP contribution in [0.2, 0.25) is 0 Å². The molecule has 4 aliphatic carbocycles. The molecule has 0 amide bonds. The highest BCUT2D eigenvalue weighted by Crippen LogP contribution is 2.67. The topological polar surface area (TPSA) is 26.3 Å². The number of allylic oxidation sites excluding steroid dienone is 1. The number of rotatable bonds is 7. The van der Waals surface area contributed by atoms with Gasteiger partial charge >= 0.3 is 0 Å². The zero-order chi connectivity index (χ0) is 21.5. The largest absolute Gasteiger partial charge is 0.464 e. The number of fused-ring (bicyclic) bond motifs is 5. The molecule has 0 bridgehead atoms. The van der Waals surface area contributed by atoms with Crippen LogP contribution in [0.3, 0.4) is 0 Å². The highest BCUT2D eigenvalue weighted by Gasteiger charge is 2.59. The molecule has 0 aromatic rings. The lowest BCUT2D eigenvalue weighted by molar-refractivity contribution is -0.136. The van der Waals surface area contributed by atoms with E-state index in [1.54, 1.807) is 5.57 Å². The van der Waals surface area contributed by atoms with Crippen LogP contribution in [0.1, 0.15) is 105 Å². The zero-order valence-corrected chi connectivity index (χ0v) is 20.3. The van der Waals surface area contributed by atoms with Crippen molar-refractivity contribution in [2.75, 3.05) is 0 Å². The molecule has 2 nitrogen and oxygen atoms in total. The van der Waals surface area contributed by atoms with Gasteiger partial charge in [-0.1, -0.05) is 65.5 Å². The predicted molar refractivity (Wildman–Crippen MR) is 124 cm³/mol. The number of hydrogen-bond donors (Lipinski definition) is 0. The molecule has 30 heavy (non-hydrogen) atoms. The first-order valence-electron chi connectivity index (χ1n) is 13.1. The van der Waals surface area contributed by atoms with Gasteiger partial charge in [-0.2, -0.15) is 0 Å². The summed E-state index contributed by atoms with van der Waals surface area (Å²) in [6, 6.07) is 0. The van der Waals surface area contributed by atoms with E-state index >= 15 is 0 Å². The third-order valence-corrected chi connectivity index (χ3v) is 10.5. The van der Waals surface area contributed by atoms with Gasteiger partial charge in [-0.3, -0.25) is 4.79 Å². The second-order valence-electron chi connectivity index (χ2n) is 12.4. The molecule has 2 heteroatoms. The van der Waals surface area contributed by atoms with Gasteiger partial charge in [-0.15, -0.1) is 0 Å². The normalized spacial score (nSPS) is 43.9. The molecular formula is C28H46O2. The summed E-state index contributed by atoms with van der Waals surface area (Å²) in [7, 11) is 0. The molecule has 4 rings (SSSR count). The Morgan fingerprint density at radius 2 is 1.87 bits per heavy atom. The zero-order valence-electron chi connectivity index (χ0n) is 20.3. The quantitative estimate of drug-likeness (QED) is 0.317. The molecule has 170 valence electrons. The molecule has 0 N–H and O–H groups in total. The lowest BCUT2D eigenvalue weighted by Gasteiger charge is -2.58. The maximum atomic E-state index is 10.8. The fraction of sp³-hybridized carbons (Fsp3) is 0.893. The molecule has 0 saturated heterocycles. The number of carbonyl (C=O) groups excluding carboxylic acids is 1. The lowest BCUT2D eigenvalue weighted by Crippen LogP contribution is -2.51. The summed E-state index contributed by atoms with van der Waals surface area (Å²) >= 11 is 0. The van der Waals surface area contributed by atoms with Gasteiger partial charge in [-0.25, -0.2) is 0 Å². The van der Waals surface area contributed by atoms with Crippen molar-refractivity contribution in [1.82, 2.24) is 0 Å². The Bertz CT molecular complexity index is 651. The van der Waals surface area contributed by atoms with Crippen molar-refractivity contribution in [2.45, 2.75) is 111 Å². The summed E-state index contributed by atoms with van der Waals surface area (Å²) < 4.78 is 5.36. The maximum Gasteiger partial charge on any atom is 0.293 e. The van der Waals surface area contributed by atoms with Crippen LogP contribution in [0, 0.1) is 46.3 Å². The van der Waals surface area contributed by atoms with Crippen molar-refractivity contribution in [2.24, 2.45) is 46.3 Å². The van der Waals surface area contributed by atoms with E-state index in [2.05, 4.69) is 40.7 Å². The van der Waals surface area contributed by atoms with Crippen molar-refractivity contribution in [3.8, 4) is 0 Å². The van der Waals surface area contributed by atoms with Crippen LogP contribution in [-0.2, 0) is 9.53 Å². The van der Waals surface area contributed by atoms with E-state index in [0.717, 1.165) is 48.3 Å². The molecule has 3 saturated carbocycles. The van der Waals surface area contributed by atoms with Gasteiger partial charge in [0.05, 0.1) is 0 Å². The number of hydrogen-bond acceptors (Lipinski definition) is 2. The van der Waals surface area contributed by atoms with Crippen LogP contribution in [0.25, 0.3) is 0 Å². The minimum Gasteiger partial charge on any atom is -0.464 e. The molecule has 0 aromatic heterocycles. The van der Waals surface area contributed by atoms with E-state index in [0.29, 0.717) is 17.3 Å². The Hall–Kier alpha value is -0.790. The average molecular weight is 415 g/mol. The first-order valence-corrected chi connectivity index (χ1v) is 13.1. The minimum atomic E-state index is 0.120. The van der Waals surface area contributed by atoms with Crippen molar-refractivity contribution < 1.29 is 9.53 Å². The molecule has 4 aliphatic rings. The molecule has 5 unspecified atom stereocenters. The third-order valence-electron chi connectivity index (χ3n) is 10.5. The summed E-state index contributed by atoms with van der Waals surface area (Å²) in [5, 5.41) is 0. The van der Waals surface area contributed by atoms with Crippen molar-refractivity contribution in [3.63, 3.8) is 0 Å². The molecule has 0 heterocycles. The average Bonchev–Trinajstić information content (AvgIpc) is 3.05. The molecule has 0 spiro atoms. The van der Waals surface area contributed by atoms with Crippen LogP contribution in [0.5, 0.6) is 0 Å². The van der Waals surface area contributed by atoms with Crippen LogP contribution < -0.4 is 0 Å². The fourth-order valence-electron chi connectivity index (χ4n) is 8.85. The predicted octanol–water partition coefficient (Wildman–Crippen LogP) is 7.57. The van der Waals surface area contributed by atoms with Crippen LogP contribution in [0.4, 0.5) is 0 Å². The van der Waals surface area contributed by atoms with E-state index in [1.807, 2.05) is 0 Å². The van der Waals surface area contributed by atoms with E-state index in [1.165, 1.54) is 57.8 Å². The molecule has 8 atom stereocenters. The van der Waals surface area contributed by atoms with E-state index < -0.39 is 0 Å². The first-order chi connectivity index (χ1) is 14.3. The summed E-state index contributed by atoms with van der Waals surface area (Å²) in [6.07, 6.45) is 17.2. The molecule has 0 aromatic carbocycles. The maximum absolute atomic E-state index is 10.8. The standard InChI is InChI=1S/C28H46O2/c1-19(2)7-6-8-20(3)24-11-12-25-23-10-9-21-17-22(30-18-29)13-15-27(21,4)26(23)14-16-28(24,25)5/h9,18-20,22-26H,6-8,10-17H2,1-5H3/t20?,22-,23?,24?,25?,26?,27-,28+/m0/s1. The molecular weight excluding hydrogens is 368 g/mol. The third kappa shape index (κ3) is 3.79. The van der Waals surface area contributed by atoms with Gasteiger partial charge in [0.1, 0.15) is 6.10 Å². The Morgan fingerprint density at radius 3 is 2.60 bits per heavy atom. The van der Waals surface area contributed by atoms with Gasteiger partial charge in [0.25, 0.3) is 6.47 Å². The molecule has 0 aliphatic heterocycles. The van der Waals surface area contributed by atoms with Crippen LogP contribution in [-0.4, -0.2) is 12.6 Å². The van der Waals surface area contributed by atoms with Gasteiger partial charge in [0.15, 0.2) is 0 Å².